The summed E-state index contributed by atoms with van der Waals surface area (Å²) in [5.41, 5.74) is -0.542. The number of fused-ring (bicyclic) bond motifs is 1. The number of nitrogens with zero attached hydrogens (tertiary/aromatic N) is 6. The molecule has 6 N–H and O–H groups in total. The fraction of sp³-hybridized carbons (Fsp3) is 0.0714. The summed E-state index contributed by atoms with van der Waals surface area (Å²) in [6, 6.07) is 12.1. The van der Waals surface area contributed by atoms with E-state index in [1.54, 1.807) is 13.8 Å². The van der Waals surface area contributed by atoms with Gasteiger partial charge < -0.3 is 20.4 Å². The van der Waals surface area contributed by atoms with Gasteiger partial charge in [0.25, 0.3) is 20.2 Å². The number of aryl methyl sites for hydroxylation is 2. The second kappa shape index (κ2) is 11.9. The first-order valence-corrected chi connectivity index (χ1v) is 15.9. The van der Waals surface area contributed by atoms with Crippen LogP contribution in [0.25, 0.3) is 16.5 Å². The Labute approximate surface area is 264 Å². The summed E-state index contributed by atoms with van der Waals surface area (Å²) in [7, 11) is -9.46. The molecule has 4 aromatic carbocycles. The zero-order chi connectivity index (χ0) is 34.4. The summed E-state index contributed by atoms with van der Waals surface area (Å²) in [5.74, 6) is -3.39. The third kappa shape index (κ3) is 6.49. The number of carboxylic acids is 1. The van der Waals surface area contributed by atoms with Crippen LogP contribution in [0.4, 0.5) is 22.7 Å². The van der Waals surface area contributed by atoms with Gasteiger partial charge in [0.1, 0.15) is 22.0 Å². The van der Waals surface area contributed by atoms with Gasteiger partial charge in [-0.3, -0.25) is 9.11 Å². The molecule has 5 aromatic rings. The lowest BCUT2D eigenvalue weighted by molar-refractivity contribution is 0.0690. The van der Waals surface area contributed by atoms with Crippen LogP contribution in [-0.2, 0) is 20.2 Å². The third-order valence-corrected chi connectivity index (χ3v) is 8.58. The number of benzene rings is 4. The number of phenols is 2. The van der Waals surface area contributed by atoms with Gasteiger partial charge in [-0.25, -0.2) is 4.79 Å². The zero-order valence-corrected chi connectivity index (χ0v) is 25.6. The Balaban J connectivity index is 1.58. The van der Waals surface area contributed by atoms with Crippen molar-refractivity contribution in [3.05, 3.63) is 77.5 Å². The number of rotatable bonds is 8. The number of aromatic nitrogens is 2. The minimum absolute atomic E-state index is 0.0138. The van der Waals surface area contributed by atoms with E-state index in [-0.39, 0.29) is 33.6 Å². The number of carboxylic acid groups (broad SMARTS) is 1. The number of azo groups is 2. The van der Waals surface area contributed by atoms with Gasteiger partial charge >= 0.3 is 5.97 Å². The second-order valence-corrected chi connectivity index (χ2v) is 12.8. The Bertz CT molecular complexity index is 2390. The highest BCUT2D eigenvalue weighted by atomic mass is 32.2. The molecular formula is C28H22N6O11S2. The highest BCUT2D eigenvalue weighted by Crippen LogP contribution is 2.43. The minimum atomic E-state index is -4.93. The number of hydrogen-bond acceptors (Lipinski definition) is 13. The first-order valence-electron chi connectivity index (χ1n) is 13.0. The summed E-state index contributed by atoms with van der Waals surface area (Å²) in [6.45, 7) is 3.50. The van der Waals surface area contributed by atoms with Gasteiger partial charge in [0.2, 0.25) is 11.6 Å². The molecule has 242 valence electrons. The molecule has 0 amide bonds. The molecule has 0 spiro atoms. The molecule has 0 aliphatic rings. The lowest BCUT2D eigenvalue weighted by Crippen LogP contribution is -2.02. The van der Waals surface area contributed by atoms with Gasteiger partial charge in [-0.05, 0) is 85.0 Å². The molecule has 1 heterocycles. The molecule has 5 rings (SSSR count). The van der Waals surface area contributed by atoms with Crippen LogP contribution in [0.15, 0.2) is 90.9 Å². The van der Waals surface area contributed by atoms with E-state index in [0.717, 1.165) is 46.1 Å². The molecule has 0 saturated carbocycles. The summed E-state index contributed by atoms with van der Waals surface area (Å²) in [4.78, 5) is 10.6. The number of phenolic OH excluding ortho intramolecular Hbond substituents is 2. The fourth-order valence-corrected chi connectivity index (χ4v) is 5.48. The van der Waals surface area contributed by atoms with E-state index in [9.17, 15) is 51.2 Å². The van der Waals surface area contributed by atoms with Gasteiger partial charge in [-0.2, -0.15) is 31.7 Å². The maximum absolute atomic E-state index is 12.2. The maximum atomic E-state index is 12.2. The monoisotopic (exact) mass is 682 g/mol. The van der Waals surface area contributed by atoms with Crippen molar-refractivity contribution in [3.63, 3.8) is 0 Å². The van der Waals surface area contributed by atoms with E-state index in [0.29, 0.717) is 0 Å². The van der Waals surface area contributed by atoms with Crippen molar-refractivity contribution in [3.8, 4) is 23.1 Å². The van der Waals surface area contributed by atoms with Gasteiger partial charge in [0, 0.05) is 5.39 Å². The molecular weight excluding hydrogens is 660 g/mol. The van der Waals surface area contributed by atoms with Crippen LogP contribution in [-0.4, -0.2) is 62.1 Å². The van der Waals surface area contributed by atoms with Crippen molar-refractivity contribution in [2.24, 2.45) is 20.5 Å². The average Bonchev–Trinajstić information content (AvgIpc) is 3.33. The second-order valence-electron chi connectivity index (χ2n) is 9.98. The quantitative estimate of drug-likeness (QED) is 0.0839. The van der Waals surface area contributed by atoms with Crippen LogP contribution in [0.3, 0.4) is 0 Å². The van der Waals surface area contributed by atoms with E-state index >= 15 is 0 Å². The number of aromatic carboxylic acids is 1. The van der Waals surface area contributed by atoms with Crippen molar-refractivity contribution >= 4 is 59.7 Å². The third-order valence-electron chi connectivity index (χ3n) is 6.85. The average molecular weight is 683 g/mol. The summed E-state index contributed by atoms with van der Waals surface area (Å²) >= 11 is 0. The van der Waals surface area contributed by atoms with Gasteiger partial charge in [-0.1, -0.05) is 6.07 Å². The molecule has 0 bridgehead atoms. The normalized spacial score (nSPS) is 12.4. The van der Waals surface area contributed by atoms with Crippen molar-refractivity contribution < 1.29 is 51.2 Å². The largest absolute Gasteiger partial charge is 0.506 e. The molecule has 0 radical (unpaired) electrons. The smallest absolute Gasteiger partial charge is 0.358 e. The predicted octanol–water partition coefficient (Wildman–Crippen LogP) is 5.78. The highest BCUT2D eigenvalue weighted by Gasteiger charge is 2.25. The van der Waals surface area contributed by atoms with Crippen LogP contribution in [0.1, 0.15) is 21.6 Å². The van der Waals surface area contributed by atoms with Crippen LogP contribution < -0.4 is 0 Å². The van der Waals surface area contributed by atoms with Crippen molar-refractivity contribution in [1.82, 2.24) is 9.78 Å². The van der Waals surface area contributed by atoms with Crippen molar-refractivity contribution in [2.75, 3.05) is 0 Å². The number of carbonyl (C=O) groups is 1. The molecule has 0 aliphatic heterocycles. The van der Waals surface area contributed by atoms with Gasteiger partial charge in [-0.15, -0.1) is 15.3 Å². The van der Waals surface area contributed by atoms with E-state index in [2.05, 4.69) is 25.6 Å². The molecule has 0 atom stereocenters. The Hall–Kier alpha value is -5.76. The van der Waals surface area contributed by atoms with E-state index in [1.807, 2.05) is 0 Å². The SMILES string of the molecule is Cc1cc(O)c(N=Nc2c(S(=O)(=O)O)cc3ccc(/N=N\c4c(C(=O)O)nn(-c5ccc(S(=O)(=O)O)cc5)c4O)cc3c2O)cc1C. The topological polar surface area (TPSA) is 274 Å². The van der Waals surface area contributed by atoms with Crippen LogP contribution in [0.5, 0.6) is 17.4 Å². The maximum Gasteiger partial charge on any atom is 0.358 e. The molecule has 19 heteroatoms. The Kier molecular flexibility index (Phi) is 8.24. The van der Waals surface area contributed by atoms with Crippen LogP contribution in [0, 0.1) is 13.8 Å². The molecule has 17 nitrogen and oxygen atoms in total. The van der Waals surface area contributed by atoms with E-state index in [4.69, 9.17) is 0 Å². The van der Waals surface area contributed by atoms with Crippen molar-refractivity contribution in [1.29, 1.82) is 0 Å². The summed E-state index contributed by atoms with van der Waals surface area (Å²) < 4.78 is 66.8. The lowest BCUT2D eigenvalue weighted by Gasteiger charge is -2.09. The van der Waals surface area contributed by atoms with Gasteiger partial charge in [0.05, 0.1) is 16.3 Å². The zero-order valence-electron chi connectivity index (χ0n) is 24.0. The molecule has 1 aromatic heterocycles. The van der Waals surface area contributed by atoms with E-state index < -0.39 is 64.7 Å². The first-order chi connectivity index (χ1) is 22.0. The van der Waals surface area contributed by atoms with Crippen LogP contribution in [0.2, 0.25) is 0 Å². The highest BCUT2D eigenvalue weighted by molar-refractivity contribution is 7.86. The molecule has 0 unspecified atom stereocenters. The first kappa shape index (κ1) is 32.6. The number of hydrogen-bond donors (Lipinski definition) is 6. The van der Waals surface area contributed by atoms with Crippen molar-refractivity contribution in [2.45, 2.75) is 23.6 Å². The molecule has 47 heavy (non-hydrogen) atoms. The summed E-state index contributed by atoms with van der Waals surface area (Å²) in [6.07, 6.45) is 0. The Morgan fingerprint density at radius 3 is 2.02 bits per heavy atom. The fourth-order valence-electron chi connectivity index (χ4n) is 4.34. The predicted molar refractivity (Wildman–Crippen MR) is 163 cm³/mol. The van der Waals surface area contributed by atoms with Crippen LogP contribution >= 0.6 is 0 Å². The molecule has 0 fully saturated rings. The minimum Gasteiger partial charge on any atom is -0.506 e. The summed E-state index contributed by atoms with van der Waals surface area (Å²) in [5, 5.41) is 60.9. The lowest BCUT2D eigenvalue weighted by atomic mass is 10.1. The molecule has 0 saturated heterocycles. The molecule has 0 aliphatic carbocycles. The standard InChI is InChI=1S/C28H22N6O11S2/c1-13-9-20(21(35)10-14(13)2)30-31-23-22(47(43,44)45)11-15-3-4-16(12-19(15)26(23)36)29-32-24-25(28(38)39)33-34(27(24)37)17-5-7-18(8-6-17)46(40,41)42/h3-12,35-37H,1-2H3,(H,38,39)(H,40,41,42)(H,43,44,45)/b31-30?,32-29-. The van der Waals surface area contributed by atoms with E-state index in [1.165, 1.54) is 30.3 Å². The van der Waals surface area contributed by atoms with Gasteiger partial charge in [0.15, 0.2) is 11.4 Å². The Morgan fingerprint density at radius 1 is 0.766 bits per heavy atom. The Morgan fingerprint density at radius 2 is 1.40 bits per heavy atom. The number of aromatic hydroxyl groups is 3.